The highest BCUT2D eigenvalue weighted by atomic mass is 79.9. The van der Waals surface area contributed by atoms with Crippen LogP contribution >= 0.6 is 15.9 Å². The van der Waals surface area contributed by atoms with E-state index in [9.17, 15) is 0 Å². The molecule has 1 N–H and O–H groups in total. The molecule has 0 saturated heterocycles. The van der Waals surface area contributed by atoms with E-state index < -0.39 is 0 Å². The SMILES string of the molecule is CCOC(C(C)C)C(Cc1ccc(Br)cc1)NC. The minimum absolute atomic E-state index is 0.253. The fourth-order valence-electron chi connectivity index (χ4n) is 2.22. The summed E-state index contributed by atoms with van der Waals surface area (Å²) in [6.07, 6.45) is 1.25. The first-order valence-electron chi connectivity index (χ1n) is 6.61. The Kier molecular flexibility index (Phi) is 6.90. The van der Waals surface area contributed by atoms with E-state index in [1.165, 1.54) is 5.56 Å². The van der Waals surface area contributed by atoms with Crippen LogP contribution in [0, 0.1) is 5.92 Å². The molecular weight excluding hydrogens is 290 g/mol. The van der Waals surface area contributed by atoms with Gasteiger partial charge in [-0.05, 0) is 44.0 Å². The highest BCUT2D eigenvalue weighted by Crippen LogP contribution is 2.17. The summed E-state index contributed by atoms with van der Waals surface area (Å²) in [5, 5.41) is 3.39. The molecule has 0 fully saturated rings. The first-order valence-corrected chi connectivity index (χ1v) is 7.41. The van der Waals surface area contributed by atoms with Crippen LogP contribution in [-0.4, -0.2) is 25.8 Å². The fourth-order valence-corrected chi connectivity index (χ4v) is 2.49. The first-order chi connectivity index (χ1) is 8.58. The van der Waals surface area contributed by atoms with Crippen molar-refractivity contribution >= 4 is 15.9 Å². The van der Waals surface area contributed by atoms with Gasteiger partial charge < -0.3 is 10.1 Å². The molecule has 0 aliphatic heterocycles. The third-order valence-corrected chi connectivity index (χ3v) is 3.68. The Balaban J connectivity index is 2.72. The van der Waals surface area contributed by atoms with Crippen LogP contribution in [-0.2, 0) is 11.2 Å². The van der Waals surface area contributed by atoms with Gasteiger partial charge in [-0.2, -0.15) is 0 Å². The summed E-state index contributed by atoms with van der Waals surface area (Å²) in [6.45, 7) is 7.25. The van der Waals surface area contributed by atoms with Crippen LogP contribution in [0.3, 0.4) is 0 Å². The van der Waals surface area contributed by atoms with Crippen LogP contribution in [0.4, 0.5) is 0 Å². The number of rotatable bonds is 7. The molecule has 2 nitrogen and oxygen atoms in total. The van der Waals surface area contributed by atoms with Crippen molar-refractivity contribution in [1.29, 1.82) is 0 Å². The Labute approximate surface area is 119 Å². The van der Waals surface area contributed by atoms with Crippen molar-refractivity contribution in [2.75, 3.05) is 13.7 Å². The molecule has 0 radical (unpaired) electrons. The van der Waals surface area contributed by atoms with E-state index in [2.05, 4.69) is 66.3 Å². The predicted molar refractivity (Wildman–Crippen MR) is 80.9 cm³/mol. The lowest BCUT2D eigenvalue weighted by Gasteiger charge is -2.30. The zero-order valence-corrected chi connectivity index (χ0v) is 13.3. The number of ether oxygens (including phenoxy) is 1. The summed E-state index contributed by atoms with van der Waals surface area (Å²) < 4.78 is 7.00. The summed E-state index contributed by atoms with van der Waals surface area (Å²) in [5.74, 6) is 0.512. The lowest BCUT2D eigenvalue weighted by Crippen LogP contribution is -2.44. The molecule has 0 spiro atoms. The van der Waals surface area contributed by atoms with Gasteiger partial charge in [0.05, 0.1) is 6.10 Å². The summed E-state index contributed by atoms with van der Waals surface area (Å²) in [6, 6.07) is 8.86. The van der Waals surface area contributed by atoms with E-state index >= 15 is 0 Å². The average molecular weight is 314 g/mol. The summed E-state index contributed by atoms with van der Waals surface area (Å²) in [7, 11) is 2.01. The van der Waals surface area contributed by atoms with Gasteiger partial charge in [0.2, 0.25) is 0 Å². The minimum atomic E-state index is 0.253. The van der Waals surface area contributed by atoms with Crippen molar-refractivity contribution in [1.82, 2.24) is 5.32 Å². The van der Waals surface area contributed by atoms with Crippen molar-refractivity contribution in [3.63, 3.8) is 0 Å². The Bertz CT molecular complexity index is 337. The molecule has 1 aromatic rings. The van der Waals surface area contributed by atoms with Crippen molar-refractivity contribution in [2.24, 2.45) is 5.92 Å². The van der Waals surface area contributed by atoms with Gasteiger partial charge >= 0.3 is 0 Å². The topological polar surface area (TPSA) is 21.3 Å². The molecule has 18 heavy (non-hydrogen) atoms. The van der Waals surface area contributed by atoms with Crippen LogP contribution in [0.5, 0.6) is 0 Å². The van der Waals surface area contributed by atoms with E-state index in [1.54, 1.807) is 0 Å². The second kappa shape index (κ2) is 7.93. The molecule has 0 aliphatic rings. The number of hydrogen-bond acceptors (Lipinski definition) is 2. The lowest BCUT2D eigenvalue weighted by atomic mass is 9.94. The molecule has 2 unspecified atom stereocenters. The standard InChI is InChI=1S/C15H24BrNO/c1-5-18-15(11(2)3)14(17-4)10-12-6-8-13(16)9-7-12/h6-9,11,14-15,17H,5,10H2,1-4H3. The third kappa shape index (κ3) is 4.71. The molecule has 0 heterocycles. The number of likely N-dealkylation sites (N-methyl/N-ethyl adjacent to an activating group) is 1. The molecule has 102 valence electrons. The van der Waals surface area contributed by atoms with Gasteiger partial charge in [-0.1, -0.05) is 41.9 Å². The highest BCUT2D eigenvalue weighted by molar-refractivity contribution is 9.10. The molecule has 0 saturated carbocycles. The van der Waals surface area contributed by atoms with Gasteiger partial charge in [-0.15, -0.1) is 0 Å². The van der Waals surface area contributed by atoms with E-state index in [-0.39, 0.29) is 6.10 Å². The van der Waals surface area contributed by atoms with Gasteiger partial charge in [0.25, 0.3) is 0 Å². The fraction of sp³-hybridized carbons (Fsp3) is 0.600. The number of benzene rings is 1. The third-order valence-electron chi connectivity index (χ3n) is 3.15. The van der Waals surface area contributed by atoms with Crippen molar-refractivity contribution in [3.05, 3.63) is 34.3 Å². The van der Waals surface area contributed by atoms with Gasteiger partial charge in [-0.25, -0.2) is 0 Å². The van der Waals surface area contributed by atoms with Crippen LogP contribution in [0.15, 0.2) is 28.7 Å². The van der Waals surface area contributed by atoms with Gasteiger partial charge in [0, 0.05) is 17.1 Å². The molecule has 0 bridgehead atoms. The van der Waals surface area contributed by atoms with Gasteiger partial charge in [0.1, 0.15) is 0 Å². The molecule has 0 amide bonds. The largest absolute Gasteiger partial charge is 0.377 e. The average Bonchev–Trinajstić information content (AvgIpc) is 2.35. The van der Waals surface area contributed by atoms with Crippen molar-refractivity contribution in [2.45, 2.75) is 39.3 Å². The Morgan fingerprint density at radius 3 is 2.28 bits per heavy atom. The first kappa shape index (κ1) is 15.7. The molecule has 1 aromatic carbocycles. The quantitative estimate of drug-likeness (QED) is 0.829. The summed E-state index contributed by atoms with van der Waals surface area (Å²) >= 11 is 3.47. The Morgan fingerprint density at radius 1 is 1.22 bits per heavy atom. The van der Waals surface area contributed by atoms with Crippen LogP contribution in [0.2, 0.25) is 0 Å². The number of hydrogen-bond donors (Lipinski definition) is 1. The van der Waals surface area contributed by atoms with Crippen molar-refractivity contribution in [3.8, 4) is 0 Å². The van der Waals surface area contributed by atoms with E-state index in [0.717, 1.165) is 17.5 Å². The van der Waals surface area contributed by atoms with E-state index in [0.29, 0.717) is 12.0 Å². The van der Waals surface area contributed by atoms with Gasteiger partial charge in [0.15, 0.2) is 0 Å². The number of halogens is 1. The molecular formula is C15H24BrNO. The normalized spacial score (nSPS) is 14.8. The highest BCUT2D eigenvalue weighted by Gasteiger charge is 2.23. The van der Waals surface area contributed by atoms with Gasteiger partial charge in [-0.3, -0.25) is 0 Å². The van der Waals surface area contributed by atoms with Crippen LogP contribution in [0.25, 0.3) is 0 Å². The van der Waals surface area contributed by atoms with Crippen LogP contribution in [0.1, 0.15) is 26.3 Å². The second-order valence-corrected chi connectivity index (χ2v) is 5.81. The zero-order chi connectivity index (χ0) is 13.5. The molecule has 3 heteroatoms. The Morgan fingerprint density at radius 2 is 1.83 bits per heavy atom. The predicted octanol–water partition coefficient (Wildman–Crippen LogP) is 3.64. The molecule has 2 atom stereocenters. The summed E-state index contributed by atoms with van der Waals surface area (Å²) in [5.41, 5.74) is 1.34. The maximum atomic E-state index is 5.88. The van der Waals surface area contributed by atoms with E-state index in [4.69, 9.17) is 4.74 Å². The number of nitrogens with one attached hydrogen (secondary N) is 1. The summed E-state index contributed by atoms with van der Waals surface area (Å²) in [4.78, 5) is 0. The zero-order valence-electron chi connectivity index (χ0n) is 11.7. The lowest BCUT2D eigenvalue weighted by molar-refractivity contribution is 0.00535. The Hall–Kier alpha value is -0.380. The maximum absolute atomic E-state index is 5.88. The van der Waals surface area contributed by atoms with Crippen molar-refractivity contribution < 1.29 is 4.74 Å². The monoisotopic (exact) mass is 313 g/mol. The molecule has 0 aliphatic carbocycles. The van der Waals surface area contributed by atoms with Crippen LogP contribution < -0.4 is 5.32 Å². The molecule has 1 rings (SSSR count). The smallest absolute Gasteiger partial charge is 0.0753 e. The van der Waals surface area contributed by atoms with E-state index in [1.807, 2.05) is 7.05 Å². The maximum Gasteiger partial charge on any atom is 0.0753 e. The minimum Gasteiger partial charge on any atom is -0.377 e. The second-order valence-electron chi connectivity index (χ2n) is 4.89. The molecule has 0 aromatic heterocycles.